The summed E-state index contributed by atoms with van der Waals surface area (Å²) in [6.07, 6.45) is 4.64. The first-order valence-electron chi connectivity index (χ1n) is 7.73. The van der Waals surface area contributed by atoms with E-state index in [2.05, 4.69) is 25.4 Å². The lowest BCUT2D eigenvalue weighted by atomic mass is 10.1. The Labute approximate surface area is 143 Å². The molecule has 0 aliphatic carbocycles. The van der Waals surface area contributed by atoms with Gasteiger partial charge in [0.05, 0.1) is 23.8 Å². The van der Waals surface area contributed by atoms with Crippen molar-refractivity contribution in [2.24, 2.45) is 0 Å². The van der Waals surface area contributed by atoms with Gasteiger partial charge in [0.1, 0.15) is 12.7 Å². The van der Waals surface area contributed by atoms with E-state index in [9.17, 15) is 4.79 Å². The summed E-state index contributed by atoms with van der Waals surface area (Å²) in [5.41, 5.74) is 2.93. The number of hydrogen-bond acceptors (Lipinski definition) is 5. The molecule has 0 atom stereocenters. The predicted molar refractivity (Wildman–Crippen MR) is 93.1 cm³/mol. The molecule has 122 valence electrons. The average molecular weight is 330 g/mol. The molecule has 25 heavy (non-hydrogen) atoms. The van der Waals surface area contributed by atoms with Gasteiger partial charge in [0.15, 0.2) is 5.82 Å². The quantitative estimate of drug-likeness (QED) is 0.621. The molecule has 2 heterocycles. The summed E-state index contributed by atoms with van der Waals surface area (Å²) in [4.78, 5) is 25.3. The number of rotatable bonds is 4. The molecule has 0 spiro atoms. The van der Waals surface area contributed by atoms with E-state index in [-0.39, 0.29) is 5.91 Å². The first-order chi connectivity index (χ1) is 12.3. The van der Waals surface area contributed by atoms with Crippen LogP contribution in [0.15, 0.2) is 67.4 Å². The zero-order valence-corrected chi connectivity index (χ0v) is 13.2. The predicted octanol–water partition coefficient (Wildman–Crippen LogP) is 2.52. The first kappa shape index (κ1) is 14.9. The Morgan fingerprint density at radius 2 is 1.84 bits per heavy atom. The standard InChI is InChI=1S/C18H14N6O/c25-18(23-17-9-20-15-7-3-4-8-16(15)22-17)14-6-2-1-5-13(14)10-24-12-19-11-21-24/h1-9,11-12H,10H2,(H,22,23,25). The third-order valence-electron chi connectivity index (χ3n) is 3.75. The molecular weight excluding hydrogens is 316 g/mol. The number of hydrogen-bond donors (Lipinski definition) is 1. The van der Waals surface area contributed by atoms with Crippen molar-refractivity contribution in [3.05, 3.63) is 78.5 Å². The van der Waals surface area contributed by atoms with Crippen LogP contribution >= 0.6 is 0 Å². The molecule has 0 bridgehead atoms. The average Bonchev–Trinajstić information content (AvgIpc) is 3.15. The SMILES string of the molecule is O=C(Nc1cnc2ccccc2n1)c1ccccc1Cn1cncn1. The Morgan fingerprint density at radius 1 is 1.04 bits per heavy atom. The van der Waals surface area contributed by atoms with Gasteiger partial charge in [-0.25, -0.2) is 14.6 Å². The van der Waals surface area contributed by atoms with Crippen molar-refractivity contribution in [1.29, 1.82) is 0 Å². The number of carbonyl (C=O) groups is 1. The van der Waals surface area contributed by atoms with Gasteiger partial charge in [-0.2, -0.15) is 5.10 Å². The van der Waals surface area contributed by atoms with Gasteiger partial charge in [0.25, 0.3) is 5.91 Å². The van der Waals surface area contributed by atoms with Gasteiger partial charge < -0.3 is 5.32 Å². The Bertz CT molecular complexity index is 1030. The van der Waals surface area contributed by atoms with Gasteiger partial charge in [-0.3, -0.25) is 9.78 Å². The number of nitrogens with one attached hydrogen (secondary N) is 1. The third-order valence-corrected chi connectivity index (χ3v) is 3.75. The topological polar surface area (TPSA) is 85.6 Å². The largest absolute Gasteiger partial charge is 0.305 e. The monoisotopic (exact) mass is 330 g/mol. The number of amides is 1. The maximum Gasteiger partial charge on any atom is 0.257 e. The minimum Gasteiger partial charge on any atom is -0.305 e. The second-order valence-corrected chi connectivity index (χ2v) is 5.45. The minimum atomic E-state index is -0.236. The van der Waals surface area contributed by atoms with Gasteiger partial charge in [0, 0.05) is 5.56 Å². The van der Waals surface area contributed by atoms with Gasteiger partial charge in [-0.05, 0) is 23.8 Å². The van der Waals surface area contributed by atoms with Gasteiger partial charge in [0.2, 0.25) is 0 Å². The van der Waals surface area contributed by atoms with Gasteiger partial charge in [-0.15, -0.1) is 0 Å². The lowest BCUT2D eigenvalue weighted by Gasteiger charge is -2.10. The van der Waals surface area contributed by atoms with Crippen LogP contribution in [0.1, 0.15) is 15.9 Å². The van der Waals surface area contributed by atoms with Crippen LogP contribution in [0.4, 0.5) is 5.82 Å². The van der Waals surface area contributed by atoms with E-state index >= 15 is 0 Å². The van der Waals surface area contributed by atoms with Crippen molar-refractivity contribution in [2.45, 2.75) is 6.54 Å². The molecule has 0 unspecified atom stereocenters. The van der Waals surface area contributed by atoms with Gasteiger partial charge >= 0.3 is 0 Å². The van der Waals surface area contributed by atoms with Crippen molar-refractivity contribution in [1.82, 2.24) is 24.7 Å². The van der Waals surface area contributed by atoms with Crippen LogP contribution in [0.5, 0.6) is 0 Å². The van der Waals surface area contributed by atoms with E-state index in [1.165, 1.54) is 6.33 Å². The van der Waals surface area contributed by atoms with Crippen LogP contribution in [0.3, 0.4) is 0 Å². The lowest BCUT2D eigenvalue weighted by molar-refractivity contribution is 0.102. The summed E-state index contributed by atoms with van der Waals surface area (Å²) in [7, 11) is 0. The van der Waals surface area contributed by atoms with Crippen molar-refractivity contribution >= 4 is 22.8 Å². The van der Waals surface area contributed by atoms with E-state index in [1.54, 1.807) is 23.3 Å². The minimum absolute atomic E-state index is 0.236. The maximum absolute atomic E-state index is 12.7. The van der Waals surface area contributed by atoms with Crippen molar-refractivity contribution in [2.75, 3.05) is 5.32 Å². The molecule has 4 aromatic rings. The van der Waals surface area contributed by atoms with E-state index in [1.807, 2.05) is 42.5 Å². The smallest absolute Gasteiger partial charge is 0.257 e. The summed E-state index contributed by atoms with van der Waals surface area (Å²) in [6.45, 7) is 0.465. The van der Waals surface area contributed by atoms with Crippen LogP contribution in [-0.2, 0) is 6.54 Å². The second-order valence-electron chi connectivity index (χ2n) is 5.45. The zero-order chi connectivity index (χ0) is 17.1. The number of carbonyl (C=O) groups excluding carboxylic acids is 1. The molecule has 1 amide bonds. The fourth-order valence-electron chi connectivity index (χ4n) is 2.57. The molecule has 2 aromatic heterocycles. The number of fused-ring (bicyclic) bond motifs is 1. The molecule has 0 fully saturated rings. The van der Waals surface area contributed by atoms with Crippen molar-refractivity contribution < 1.29 is 4.79 Å². The number of benzene rings is 2. The molecule has 1 N–H and O–H groups in total. The second kappa shape index (κ2) is 6.48. The molecule has 0 saturated heterocycles. The maximum atomic E-state index is 12.7. The van der Waals surface area contributed by atoms with Crippen LogP contribution < -0.4 is 5.32 Å². The summed E-state index contributed by atoms with van der Waals surface area (Å²) in [5.74, 6) is 0.180. The van der Waals surface area contributed by atoms with Crippen molar-refractivity contribution in [3.63, 3.8) is 0 Å². The molecule has 7 heteroatoms. The molecule has 2 aromatic carbocycles. The molecule has 0 radical (unpaired) electrons. The van der Waals surface area contributed by atoms with Crippen LogP contribution in [0, 0.1) is 0 Å². The zero-order valence-electron chi connectivity index (χ0n) is 13.2. The Morgan fingerprint density at radius 3 is 2.68 bits per heavy atom. The summed E-state index contributed by atoms with van der Waals surface area (Å²) >= 11 is 0. The fraction of sp³-hybridized carbons (Fsp3) is 0.0556. The molecule has 7 nitrogen and oxygen atoms in total. The summed E-state index contributed by atoms with van der Waals surface area (Å²) < 4.78 is 1.67. The molecule has 0 aliphatic rings. The lowest BCUT2D eigenvalue weighted by Crippen LogP contribution is -2.16. The Kier molecular flexibility index (Phi) is 3.88. The van der Waals surface area contributed by atoms with Crippen molar-refractivity contribution in [3.8, 4) is 0 Å². The van der Waals surface area contributed by atoms with Gasteiger partial charge in [-0.1, -0.05) is 30.3 Å². The number of nitrogens with zero attached hydrogens (tertiary/aromatic N) is 5. The Balaban J connectivity index is 1.60. The van der Waals surface area contributed by atoms with Crippen LogP contribution in [-0.4, -0.2) is 30.6 Å². The summed E-state index contributed by atoms with van der Waals surface area (Å²) in [5, 5.41) is 6.89. The highest BCUT2D eigenvalue weighted by atomic mass is 16.1. The number of anilines is 1. The first-order valence-corrected chi connectivity index (χ1v) is 7.73. The number of aromatic nitrogens is 5. The highest BCUT2D eigenvalue weighted by Crippen LogP contribution is 2.15. The third kappa shape index (κ3) is 3.20. The van der Waals surface area contributed by atoms with Crippen LogP contribution in [0.25, 0.3) is 11.0 Å². The summed E-state index contributed by atoms with van der Waals surface area (Å²) in [6, 6.07) is 14.9. The highest BCUT2D eigenvalue weighted by molar-refractivity contribution is 6.05. The van der Waals surface area contributed by atoms with E-state index in [0.29, 0.717) is 17.9 Å². The number of para-hydroxylation sites is 2. The highest BCUT2D eigenvalue weighted by Gasteiger charge is 2.13. The normalized spacial score (nSPS) is 10.7. The fourth-order valence-corrected chi connectivity index (χ4v) is 2.57. The molecular formula is C18H14N6O. The molecule has 4 rings (SSSR count). The Hall–Kier alpha value is -3.61. The van der Waals surface area contributed by atoms with E-state index in [4.69, 9.17) is 0 Å². The van der Waals surface area contributed by atoms with E-state index < -0.39 is 0 Å². The van der Waals surface area contributed by atoms with Crippen LogP contribution in [0.2, 0.25) is 0 Å². The molecule has 0 aliphatic heterocycles. The van der Waals surface area contributed by atoms with E-state index in [0.717, 1.165) is 16.6 Å². The molecule has 0 saturated carbocycles.